The van der Waals surface area contributed by atoms with Crippen LogP contribution in [0.15, 0.2) is 30.3 Å². The lowest BCUT2D eigenvalue weighted by Crippen LogP contribution is -2.56. The van der Waals surface area contributed by atoms with Gasteiger partial charge in [-0.2, -0.15) is 0 Å². The predicted molar refractivity (Wildman–Crippen MR) is 156 cm³/mol. The third-order valence-electron chi connectivity index (χ3n) is 8.14. The molecule has 2 bridgehead atoms. The predicted octanol–water partition coefficient (Wildman–Crippen LogP) is 5.06. The SMILES string of the molecule is Cc1ccc2c(N)c(C(=O)N[C@H]3CCc4cc(N5CC6CCC(C5)N6C(=O)OC(C)(C)C)ccc4C3)sc2n1. The van der Waals surface area contributed by atoms with E-state index in [0.29, 0.717) is 10.6 Å². The second-order valence-electron chi connectivity index (χ2n) is 12.2. The molecule has 4 heterocycles. The summed E-state index contributed by atoms with van der Waals surface area (Å²) in [7, 11) is 0. The van der Waals surface area contributed by atoms with E-state index in [9.17, 15) is 9.59 Å². The summed E-state index contributed by atoms with van der Waals surface area (Å²) in [4.78, 5) is 36.2. The van der Waals surface area contributed by atoms with Crippen molar-refractivity contribution < 1.29 is 14.3 Å². The highest BCUT2D eigenvalue weighted by Crippen LogP contribution is 2.36. The topological polar surface area (TPSA) is 101 Å². The smallest absolute Gasteiger partial charge is 0.410 e. The van der Waals surface area contributed by atoms with E-state index in [4.69, 9.17) is 10.5 Å². The molecule has 2 unspecified atom stereocenters. The first-order valence-corrected chi connectivity index (χ1v) is 14.7. The highest BCUT2D eigenvalue weighted by atomic mass is 32.1. The number of rotatable bonds is 3. The van der Waals surface area contributed by atoms with Crippen molar-refractivity contribution in [2.75, 3.05) is 23.7 Å². The number of anilines is 2. The minimum Gasteiger partial charge on any atom is -0.444 e. The zero-order valence-corrected chi connectivity index (χ0v) is 23.9. The Labute approximate surface area is 233 Å². The number of thiophene rings is 1. The second kappa shape index (κ2) is 9.70. The van der Waals surface area contributed by atoms with Gasteiger partial charge in [0.1, 0.15) is 15.3 Å². The molecule has 3 aromatic rings. The van der Waals surface area contributed by atoms with Gasteiger partial charge < -0.3 is 20.7 Å². The minimum absolute atomic E-state index is 0.0726. The van der Waals surface area contributed by atoms with Crippen LogP contribution in [0.5, 0.6) is 0 Å². The maximum absolute atomic E-state index is 13.1. The number of ether oxygens (including phenoxy) is 1. The van der Waals surface area contributed by atoms with Crippen molar-refractivity contribution in [2.45, 2.75) is 83.5 Å². The average molecular weight is 548 g/mol. The van der Waals surface area contributed by atoms with Crippen LogP contribution in [0.25, 0.3) is 10.2 Å². The maximum atomic E-state index is 13.1. The van der Waals surface area contributed by atoms with E-state index >= 15 is 0 Å². The highest BCUT2D eigenvalue weighted by Gasteiger charge is 2.44. The van der Waals surface area contributed by atoms with Gasteiger partial charge in [-0.05, 0) is 95.2 Å². The number of nitrogens with one attached hydrogen (secondary N) is 1. The number of aromatic nitrogens is 1. The fourth-order valence-electron chi connectivity index (χ4n) is 6.30. The second-order valence-corrected chi connectivity index (χ2v) is 13.2. The van der Waals surface area contributed by atoms with Crippen LogP contribution in [0.3, 0.4) is 0 Å². The number of piperazine rings is 1. The number of hydrogen-bond donors (Lipinski definition) is 2. The number of amides is 2. The number of carbonyl (C=O) groups excluding carboxylic acids is 2. The van der Waals surface area contributed by atoms with Crippen molar-refractivity contribution in [1.82, 2.24) is 15.2 Å². The van der Waals surface area contributed by atoms with Gasteiger partial charge in [0.2, 0.25) is 0 Å². The number of aryl methyl sites for hydroxylation is 2. The molecule has 206 valence electrons. The third-order valence-corrected chi connectivity index (χ3v) is 9.26. The van der Waals surface area contributed by atoms with E-state index in [1.807, 2.05) is 44.7 Å². The molecule has 0 spiro atoms. The van der Waals surface area contributed by atoms with Crippen LogP contribution in [0, 0.1) is 6.92 Å². The molecule has 2 amide bonds. The van der Waals surface area contributed by atoms with Crippen molar-refractivity contribution in [2.24, 2.45) is 0 Å². The minimum atomic E-state index is -0.482. The molecule has 2 saturated heterocycles. The maximum Gasteiger partial charge on any atom is 0.410 e. The lowest BCUT2D eigenvalue weighted by molar-refractivity contribution is 0.0123. The monoisotopic (exact) mass is 547 g/mol. The number of fused-ring (bicyclic) bond motifs is 4. The van der Waals surface area contributed by atoms with Gasteiger partial charge in [-0.15, -0.1) is 11.3 Å². The molecule has 39 heavy (non-hydrogen) atoms. The lowest BCUT2D eigenvalue weighted by Gasteiger charge is -2.42. The van der Waals surface area contributed by atoms with Crippen molar-refractivity contribution in [3.8, 4) is 0 Å². The number of pyridine rings is 1. The summed E-state index contributed by atoms with van der Waals surface area (Å²) in [5, 5.41) is 4.07. The zero-order chi connectivity index (χ0) is 27.5. The van der Waals surface area contributed by atoms with Gasteiger partial charge in [0.15, 0.2) is 0 Å². The molecule has 2 aromatic heterocycles. The standard InChI is InChI=1S/C30H37N5O3S/c1-17-5-12-24-25(31)26(39-28(24)32-17)27(36)33-20-8-6-19-14-21(9-7-18(19)13-20)34-15-22-10-11-23(16-34)35(22)29(37)38-30(2,3)4/h5,7,9,12,14,20,22-23H,6,8,10-11,13,15-16,31H2,1-4H3,(H,33,36)/t20-,22?,23?/m0/s1. The lowest BCUT2D eigenvalue weighted by atomic mass is 9.87. The molecule has 3 atom stereocenters. The van der Waals surface area contributed by atoms with Crippen molar-refractivity contribution >= 4 is 44.9 Å². The van der Waals surface area contributed by atoms with Crippen LogP contribution in [0.2, 0.25) is 0 Å². The normalized spacial score (nSPS) is 22.6. The summed E-state index contributed by atoms with van der Waals surface area (Å²) < 4.78 is 5.69. The molecule has 8 nitrogen and oxygen atoms in total. The molecular formula is C30H37N5O3S. The van der Waals surface area contributed by atoms with E-state index < -0.39 is 5.60 Å². The first kappa shape index (κ1) is 25.9. The fourth-order valence-corrected chi connectivity index (χ4v) is 7.34. The molecule has 6 rings (SSSR count). The Bertz CT molecular complexity index is 1430. The summed E-state index contributed by atoms with van der Waals surface area (Å²) in [5.74, 6) is -0.114. The van der Waals surface area contributed by atoms with Gasteiger partial charge in [0.25, 0.3) is 5.91 Å². The molecule has 3 N–H and O–H groups in total. The number of benzene rings is 1. The average Bonchev–Trinajstić information content (AvgIpc) is 3.34. The first-order valence-electron chi connectivity index (χ1n) is 13.9. The molecule has 2 aliphatic heterocycles. The van der Waals surface area contributed by atoms with Crippen LogP contribution in [0.1, 0.15) is 66.5 Å². The van der Waals surface area contributed by atoms with E-state index in [1.54, 1.807) is 0 Å². The number of nitrogen functional groups attached to an aromatic ring is 1. The molecule has 0 radical (unpaired) electrons. The summed E-state index contributed by atoms with van der Waals surface area (Å²) in [5.41, 5.74) is 11.1. The van der Waals surface area contributed by atoms with Crippen LogP contribution < -0.4 is 16.0 Å². The number of nitrogens with two attached hydrogens (primary N) is 1. The van der Waals surface area contributed by atoms with E-state index in [1.165, 1.54) is 28.2 Å². The Morgan fingerprint density at radius 3 is 2.54 bits per heavy atom. The molecule has 0 saturated carbocycles. The van der Waals surface area contributed by atoms with E-state index in [-0.39, 0.29) is 30.1 Å². The molecule has 1 aliphatic carbocycles. The van der Waals surface area contributed by atoms with Crippen LogP contribution >= 0.6 is 11.3 Å². The van der Waals surface area contributed by atoms with E-state index in [2.05, 4.69) is 33.4 Å². The van der Waals surface area contributed by atoms with Crippen molar-refractivity contribution in [3.05, 3.63) is 52.0 Å². The van der Waals surface area contributed by atoms with E-state index in [0.717, 1.165) is 61.1 Å². The molecular weight excluding hydrogens is 510 g/mol. The molecule has 1 aromatic carbocycles. The number of hydrogen-bond acceptors (Lipinski definition) is 7. The summed E-state index contributed by atoms with van der Waals surface area (Å²) in [6.45, 7) is 9.36. The fraction of sp³-hybridized carbons (Fsp3) is 0.500. The first-order chi connectivity index (χ1) is 18.6. The summed E-state index contributed by atoms with van der Waals surface area (Å²) in [6.07, 6.45) is 4.47. The molecule has 3 aliphatic rings. The van der Waals surface area contributed by atoms with Crippen molar-refractivity contribution in [1.29, 1.82) is 0 Å². The quantitative estimate of drug-likeness (QED) is 0.475. The van der Waals surface area contributed by atoms with Gasteiger partial charge in [-0.25, -0.2) is 9.78 Å². The van der Waals surface area contributed by atoms with Gasteiger partial charge in [0, 0.05) is 35.9 Å². The van der Waals surface area contributed by atoms with Crippen LogP contribution in [-0.2, 0) is 17.6 Å². The molecule has 2 fully saturated rings. The summed E-state index contributed by atoms with van der Waals surface area (Å²) >= 11 is 1.36. The van der Waals surface area contributed by atoms with Crippen molar-refractivity contribution in [3.63, 3.8) is 0 Å². The zero-order valence-electron chi connectivity index (χ0n) is 23.1. The molecule has 9 heteroatoms. The Balaban J connectivity index is 1.11. The van der Waals surface area contributed by atoms with Gasteiger partial charge in [0.05, 0.1) is 17.8 Å². The Morgan fingerprint density at radius 2 is 1.82 bits per heavy atom. The Morgan fingerprint density at radius 1 is 1.08 bits per heavy atom. The number of nitrogens with zero attached hydrogens (tertiary/aromatic N) is 3. The third kappa shape index (κ3) is 5.04. The van der Waals surface area contributed by atoms with Gasteiger partial charge in [-0.3, -0.25) is 9.69 Å². The summed E-state index contributed by atoms with van der Waals surface area (Å²) in [6, 6.07) is 11.0. The Kier molecular flexibility index (Phi) is 6.44. The van der Waals surface area contributed by atoms with Gasteiger partial charge in [-0.1, -0.05) is 6.07 Å². The van der Waals surface area contributed by atoms with Crippen LogP contribution in [-0.4, -0.2) is 58.7 Å². The van der Waals surface area contributed by atoms with Crippen LogP contribution in [0.4, 0.5) is 16.2 Å². The largest absolute Gasteiger partial charge is 0.444 e. The highest BCUT2D eigenvalue weighted by molar-refractivity contribution is 7.21. The Hall–Kier alpha value is -3.33. The number of carbonyl (C=O) groups is 2. The van der Waals surface area contributed by atoms with Gasteiger partial charge >= 0.3 is 6.09 Å².